The summed E-state index contributed by atoms with van der Waals surface area (Å²) in [6.07, 6.45) is -3.22. The van der Waals surface area contributed by atoms with Crippen LogP contribution in [0.2, 0.25) is 0 Å². The molecule has 0 aromatic carbocycles. The van der Waals surface area contributed by atoms with Crippen molar-refractivity contribution in [1.82, 2.24) is 10.3 Å². The first-order valence-electron chi connectivity index (χ1n) is 6.67. The molecule has 1 unspecified atom stereocenters. The molecule has 4 nitrogen and oxygen atoms in total. The summed E-state index contributed by atoms with van der Waals surface area (Å²) in [7, 11) is 0. The minimum absolute atomic E-state index is 0.0766. The van der Waals surface area contributed by atoms with Crippen molar-refractivity contribution in [3.63, 3.8) is 0 Å². The molecule has 0 aliphatic rings. The van der Waals surface area contributed by atoms with E-state index in [0.717, 1.165) is 9.88 Å². The Labute approximate surface area is 131 Å². The lowest BCUT2D eigenvalue weighted by atomic mass is 9.98. The number of hydrogen-bond donors (Lipinski definition) is 2. The van der Waals surface area contributed by atoms with Gasteiger partial charge in [-0.05, 0) is 12.5 Å². The van der Waals surface area contributed by atoms with Crippen molar-refractivity contribution in [3.05, 3.63) is 22.2 Å². The number of aromatic nitrogens is 1. The molecular formula is C14H19F3N2O2S. The highest BCUT2D eigenvalue weighted by Crippen LogP contribution is 2.27. The second-order valence-electron chi connectivity index (χ2n) is 5.79. The minimum Gasteiger partial charge on any atom is -0.384 e. The maximum Gasteiger partial charge on any atom is 0.414 e. The summed E-state index contributed by atoms with van der Waals surface area (Å²) in [5, 5.41) is 12.0. The van der Waals surface area contributed by atoms with Gasteiger partial charge in [-0.3, -0.25) is 4.79 Å². The molecule has 0 fully saturated rings. The molecule has 0 saturated carbocycles. The summed E-state index contributed by atoms with van der Waals surface area (Å²) >= 11 is 1.45. The fourth-order valence-electron chi connectivity index (χ4n) is 1.42. The smallest absolute Gasteiger partial charge is 0.384 e. The molecule has 124 valence electrons. The highest BCUT2D eigenvalue weighted by atomic mass is 32.1. The van der Waals surface area contributed by atoms with Crippen LogP contribution in [0.4, 0.5) is 13.2 Å². The summed E-state index contributed by atoms with van der Waals surface area (Å²) in [5.41, 5.74) is -0.0766. The van der Waals surface area contributed by atoms with Crippen molar-refractivity contribution in [2.75, 3.05) is 6.54 Å². The van der Waals surface area contributed by atoms with E-state index in [-0.39, 0.29) is 12.0 Å². The van der Waals surface area contributed by atoms with Gasteiger partial charge in [0.15, 0.2) is 6.10 Å². The van der Waals surface area contributed by atoms with E-state index in [2.05, 4.69) is 10.3 Å². The Hall–Kier alpha value is -1.41. The summed E-state index contributed by atoms with van der Waals surface area (Å²) in [4.78, 5) is 16.5. The summed E-state index contributed by atoms with van der Waals surface area (Å²) in [6.45, 7) is 5.83. The first-order chi connectivity index (χ1) is 10.00. The third-order valence-electron chi connectivity index (χ3n) is 2.66. The quantitative estimate of drug-likeness (QED) is 0.813. The molecule has 1 aromatic heterocycles. The number of nitrogens with one attached hydrogen (secondary N) is 1. The lowest BCUT2D eigenvalue weighted by Crippen LogP contribution is -2.33. The molecule has 1 heterocycles. The Bertz CT molecular complexity index is 533. The molecule has 0 aliphatic heterocycles. The maximum absolute atomic E-state index is 12.1. The van der Waals surface area contributed by atoms with E-state index in [4.69, 9.17) is 5.11 Å². The summed E-state index contributed by atoms with van der Waals surface area (Å²) in [5.74, 6) is -0.514. The van der Waals surface area contributed by atoms with Crippen LogP contribution in [-0.2, 0) is 10.2 Å². The molecule has 1 amide bonds. The minimum atomic E-state index is -4.66. The fourth-order valence-corrected chi connectivity index (χ4v) is 2.30. The van der Waals surface area contributed by atoms with Gasteiger partial charge in [0.2, 0.25) is 5.91 Å². The molecule has 0 radical (unpaired) electrons. The zero-order chi connectivity index (χ0) is 17.0. The van der Waals surface area contributed by atoms with Crippen LogP contribution in [-0.4, -0.2) is 34.8 Å². The van der Waals surface area contributed by atoms with Crippen molar-refractivity contribution in [3.8, 4) is 0 Å². The molecule has 0 spiro atoms. The van der Waals surface area contributed by atoms with Gasteiger partial charge in [-0.2, -0.15) is 13.2 Å². The zero-order valence-corrected chi connectivity index (χ0v) is 13.4. The number of hydrogen-bond acceptors (Lipinski definition) is 4. The van der Waals surface area contributed by atoms with Crippen molar-refractivity contribution >= 4 is 23.3 Å². The van der Waals surface area contributed by atoms with Crippen LogP contribution in [0.15, 0.2) is 12.3 Å². The maximum atomic E-state index is 12.1. The number of carbonyl (C=O) groups excluding carboxylic acids is 1. The van der Waals surface area contributed by atoms with Gasteiger partial charge in [0.05, 0.1) is 5.01 Å². The van der Waals surface area contributed by atoms with E-state index in [1.807, 2.05) is 20.8 Å². The van der Waals surface area contributed by atoms with Crippen molar-refractivity contribution < 1.29 is 23.1 Å². The second-order valence-corrected chi connectivity index (χ2v) is 6.85. The Morgan fingerprint density at radius 1 is 1.45 bits per heavy atom. The van der Waals surface area contributed by atoms with Gasteiger partial charge < -0.3 is 10.4 Å². The van der Waals surface area contributed by atoms with E-state index >= 15 is 0 Å². The third kappa shape index (κ3) is 6.15. The van der Waals surface area contributed by atoms with Gasteiger partial charge in [0.1, 0.15) is 0 Å². The first kappa shape index (κ1) is 18.6. The highest BCUT2D eigenvalue weighted by molar-refractivity contribution is 7.12. The zero-order valence-electron chi connectivity index (χ0n) is 12.6. The van der Waals surface area contributed by atoms with Gasteiger partial charge in [0.25, 0.3) is 0 Å². The molecular weight excluding hydrogens is 317 g/mol. The van der Waals surface area contributed by atoms with Gasteiger partial charge >= 0.3 is 6.18 Å². The topological polar surface area (TPSA) is 62.2 Å². The molecule has 22 heavy (non-hydrogen) atoms. The van der Waals surface area contributed by atoms with E-state index in [9.17, 15) is 18.0 Å². The Morgan fingerprint density at radius 2 is 2.09 bits per heavy atom. The number of halogens is 3. The SMILES string of the molecule is CC(C)(C)c1ncc(C=CC(=O)NCCC(O)C(F)(F)F)s1. The highest BCUT2D eigenvalue weighted by Gasteiger charge is 2.37. The number of rotatable bonds is 5. The van der Waals surface area contributed by atoms with Crippen LogP contribution < -0.4 is 5.32 Å². The monoisotopic (exact) mass is 336 g/mol. The normalized spacial score (nSPS) is 14.3. The van der Waals surface area contributed by atoms with Crippen LogP contribution in [0.1, 0.15) is 37.1 Å². The Kier molecular flexibility index (Phi) is 6.13. The molecule has 1 aromatic rings. The molecule has 1 atom stereocenters. The van der Waals surface area contributed by atoms with Crippen molar-refractivity contribution in [1.29, 1.82) is 0 Å². The van der Waals surface area contributed by atoms with Crippen molar-refractivity contribution in [2.24, 2.45) is 0 Å². The number of carbonyl (C=O) groups is 1. The number of nitrogens with zero attached hydrogens (tertiary/aromatic N) is 1. The molecule has 0 aliphatic carbocycles. The van der Waals surface area contributed by atoms with Crippen LogP contribution in [0.3, 0.4) is 0 Å². The number of aliphatic hydroxyl groups excluding tert-OH is 1. The summed E-state index contributed by atoms with van der Waals surface area (Å²) < 4.78 is 36.2. The molecule has 0 bridgehead atoms. The molecule has 2 N–H and O–H groups in total. The fraction of sp³-hybridized carbons (Fsp3) is 0.571. The first-order valence-corrected chi connectivity index (χ1v) is 7.49. The van der Waals surface area contributed by atoms with Crippen LogP contribution in [0.5, 0.6) is 0 Å². The van der Waals surface area contributed by atoms with Crippen LogP contribution >= 0.6 is 11.3 Å². The Morgan fingerprint density at radius 3 is 2.59 bits per heavy atom. The lowest BCUT2D eigenvalue weighted by Gasteiger charge is -2.13. The molecule has 8 heteroatoms. The van der Waals surface area contributed by atoms with Gasteiger partial charge in [-0.1, -0.05) is 20.8 Å². The molecule has 0 saturated heterocycles. The van der Waals surface area contributed by atoms with E-state index < -0.39 is 24.6 Å². The van der Waals surface area contributed by atoms with Gasteiger partial charge in [-0.25, -0.2) is 4.98 Å². The van der Waals surface area contributed by atoms with E-state index in [0.29, 0.717) is 0 Å². The molecule has 1 rings (SSSR count). The average Bonchev–Trinajstić information content (AvgIpc) is 2.83. The lowest BCUT2D eigenvalue weighted by molar-refractivity contribution is -0.205. The number of aliphatic hydroxyl groups is 1. The summed E-state index contributed by atoms with van der Waals surface area (Å²) in [6, 6.07) is 0. The number of thiazole rings is 1. The van der Waals surface area contributed by atoms with Gasteiger partial charge in [-0.15, -0.1) is 11.3 Å². The van der Waals surface area contributed by atoms with E-state index in [1.165, 1.54) is 17.4 Å². The number of amides is 1. The van der Waals surface area contributed by atoms with E-state index in [1.54, 1.807) is 12.3 Å². The van der Waals surface area contributed by atoms with Crippen LogP contribution in [0.25, 0.3) is 6.08 Å². The standard InChI is InChI=1S/C14H19F3N2O2S/c1-13(2,3)12-19-8-9(22-12)4-5-11(21)18-7-6-10(20)14(15,16)17/h4-5,8,10,20H,6-7H2,1-3H3,(H,18,21). The van der Waals surface area contributed by atoms with Crippen molar-refractivity contribution in [2.45, 2.75) is 44.9 Å². The third-order valence-corrected chi connectivity index (χ3v) is 4.05. The second kappa shape index (κ2) is 7.23. The van der Waals surface area contributed by atoms with Crippen LogP contribution in [0, 0.1) is 0 Å². The van der Waals surface area contributed by atoms with Gasteiger partial charge in [0, 0.05) is 29.1 Å². The predicted octanol–water partition coefficient (Wildman–Crippen LogP) is 2.88. The number of alkyl halides is 3. The Balaban J connectivity index is 2.44. The average molecular weight is 336 g/mol. The largest absolute Gasteiger partial charge is 0.414 e. The predicted molar refractivity (Wildman–Crippen MR) is 79.5 cm³/mol.